The molecule has 12 heavy (non-hydrogen) atoms. The topological polar surface area (TPSA) is 52.2 Å². The fraction of sp³-hybridized carbons (Fsp3) is 1.00. The third-order valence-corrected chi connectivity index (χ3v) is 2.77. The molecule has 1 N–H and O–H groups in total. The van der Waals surface area contributed by atoms with Crippen molar-refractivity contribution in [3.05, 3.63) is 0 Å². The highest BCUT2D eigenvalue weighted by Crippen LogP contribution is 2.03. The Bertz CT molecular complexity index is 135. The van der Waals surface area contributed by atoms with Gasteiger partial charge in [0.1, 0.15) is 0 Å². The first-order valence-corrected chi connectivity index (χ1v) is 5.68. The molecule has 0 saturated carbocycles. The number of nitrogens with one attached hydrogen (secondary N) is 1. The van der Waals surface area contributed by atoms with E-state index in [1.807, 2.05) is 0 Å². The van der Waals surface area contributed by atoms with Crippen molar-refractivity contribution in [2.45, 2.75) is 30.9 Å². The highest BCUT2D eigenvalue weighted by Gasteiger charge is 2.02. The van der Waals surface area contributed by atoms with E-state index in [1.54, 1.807) is 0 Å². The molecule has 0 aromatic carbocycles. The van der Waals surface area contributed by atoms with Crippen LogP contribution < -0.4 is 5.32 Å². The van der Waals surface area contributed by atoms with Crippen LogP contribution in [0.1, 0.15) is 26.2 Å². The van der Waals surface area contributed by atoms with E-state index in [2.05, 4.69) is 12.2 Å². The van der Waals surface area contributed by atoms with Gasteiger partial charge in [-0.2, -0.15) is 0 Å². The summed E-state index contributed by atoms with van der Waals surface area (Å²) in [6.45, 7) is 3.71. The van der Waals surface area contributed by atoms with Gasteiger partial charge in [-0.05, 0) is 37.0 Å². The summed E-state index contributed by atoms with van der Waals surface area (Å²) in [5, 5.41) is 3.11. The molecule has 0 heterocycles. The van der Waals surface area contributed by atoms with Crippen molar-refractivity contribution < 1.29 is 8.76 Å². The standard InChI is InChI=1S/C7H16ClNO2S/c1-2-3-5-9-6-4-7(8)12(10)11/h7,9H,2-6H2,1H3,(H,10,11)/p-1. The normalized spacial score (nSPS) is 15.9. The van der Waals surface area contributed by atoms with Gasteiger partial charge in [0.05, 0.1) is 4.71 Å². The van der Waals surface area contributed by atoms with Gasteiger partial charge in [-0.15, -0.1) is 11.6 Å². The second kappa shape index (κ2) is 7.98. The molecule has 3 nitrogen and oxygen atoms in total. The summed E-state index contributed by atoms with van der Waals surface area (Å²) in [5.41, 5.74) is 0. The van der Waals surface area contributed by atoms with Crippen LogP contribution in [0.15, 0.2) is 0 Å². The molecule has 0 aliphatic carbocycles. The number of hydrogen-bond acceptors (Lipinski definition) is 3. The molecule has 2 unspecified atom stereocenters. The Morgan fingerprint density at radius 2 is 2.25 bits per heavy atom. The van der Waals surface area contributed by atoms with Gasteiger partial charge >= 0.3 is 0 Å². The van der Waals surface area contributed by atoms with E-state index < -0.39 is 15.8 Å². The molecule has 0 saturated heterocycles. The Morgan fingerprint density at radius 3 is 2.75 bits per heavy atom. The predicted octanol–water partition coefficient (Wildman–Crippen LogP) is 1.21. The van der Waals surface area contributed by atoms with Gasteiger partial charge < -0.3 is 9.87 Å². The third kappa shape index (κ3) is 7.03. The highest BCUT2D eigenvalue weighted by atomic mass is 35.5. The van der Waals surface area contributed by atoms with Crippen LogP contribution in [-0.4, -0.2) is 26.6 Å². The van der Waals surface area contributed by atoms with Crippen molar-refractivity contribution in [2.24, 2.45) is 0 Å². The van der Waals surface area contributed by atoms with E-state index in [-0.39, 0.29) is 0 Å². The molecule has 0 aromatic rings. The monoisotopic (exact) mass is 212 g/mol. The van der Waals surface area contributed by atoms with E-state index in [0.29, 0.717) is 13.0 Å². The summed E-state index contributed by atoms with van der Waals surface area (Å²) < 4.78 is 19.8. The second-order valence-corrected chi connectivity index (χ2v) is 4.44. The van der Waals surface area contributed by atoms with Gasteiger partial charge in [0.25, 0.3) is 0 Å². The summed E-state index contributed by atoms with van der Waals surface area (Å²) in [6.07, 6.45) is 2.74. The minimum atomic E-state index is -2.14. The lowest BCUT2D eigenvalue weighted by molar-refractivity contribution is 0.527. The Balaban J connectivity index is 3.14. The quantitative estimate of drug-likeness (QED) is 0.392. The number of rotatable bonds is 7. The van der Waals surface area contributed by atoms with Crippen molar-refractivity contribution >= 4 is 22.7 Å². The lowest BCUT2D eigenvalue weighted by Crippen LogP contribution is -2.21. The Kier molecular flexibility index (Phi) is 8.22. The number of halogens is 1. The van der Waals surface area contributed by atoms with Crippen LogP contribution in [0.5, 0.6) is 0 Å². The first-order valence-electron chi connectivity index (χ1n) is 4.11. The average Bonchev–Trinajstić information content (AvgIpc) is 2.03. The SMILES string of the molecule is CCCCNCCC(Cl)S(=O)[O-]. The maximum Gasteiger partial charge on any atom is 0.0967 e. The molecule has 0 fully saturated rings. The molecule has 0 rings (SSSR count). The molecule has 0 aromatic heterocycles. The molecule has 2 atom stereocenters. The zero-order valence-electron chi connectivity index (χ0n) is 7.22. The zero-order valence-corrected chi connectivity index (χ0v) is 8.79. The summed E-state index contributed by atoms with van der Waals surface area (Å²) in [6, 6.07) is 0. The molecule has 0 radical (unpaired) electrons. The fourth-order valence-electron chi connectivity index (χ4n) is 0.739. The lowest BCUT2D eigenvalue weighted by atomic mass is 10.3. The summed E-state index contributed by atoms with van der Waals surface area (Å²) in [4.78, 5) is 0. The molecular weight excluding hydrogens is 198 g/mol. The minimum absolute atomic E-state index is 0.474. The van der Waals surface area contributed by atoms with E-state index >= 15 is 0 Å². The first kappa shape index (κ1) is 12.4. The van der Waals surface area contributed by atoms with Gasteiger partial charge in [0.15, 0.2) is 0 Å². The molecule has 0 amide bonds. The van der Waals surface area contributed by atoms with Crippen LogP contribution in [0.25, 0.3) is 0 Å². The molecule has 0 aliphatic heterocycles. The fourth-order valence-corrected chi connectivity index (χ4v) is 1.16. The van der Waals surface area contributed by atoms with Gasteiger partial charge in [0, 0.05) is 0 Å². The van der Waals surface area contributed by atoms with Crippen LogP contribution in [-0.2, 0) is 11.1 Å². The number of alkyl halides is 1. The van der Waals surface area contributed by atoms with Crippen LogP contribution in [0.4, 0.5) is 0 Å². The maximum absolute atomic E-state index is 10.3. The predicted molar refractivity (Wildman–Crippen MR) is 51.0 cm³/mol. The maximum atomic E-state index is 10.3. The Hall–Kier alpha value is 0.360. The van der Waals surface area contributed by atoms with Crippen molar-refractivity contribution in [1.82, 2.24) is 5.32 Å². The van der Waals surface area contributed by atoms with Gasteiger partial charge in [-0.1, -0.05) is 13.3 Å². The van der Waals surface area contributed by atoms with Crippen LogP contribution >= 0.6 is 11.6 Å². The lowest BCUT2D eigenvalue weighted by Gasteiger charge is -2.12. The summed E-state index contributed by atoms with van der Waals surface area (Å²) in [7, 11) is 0. The van der Waals surface area contributed by atoms with E-state index in [9.17, 15) is 8.76 Å². The van der Waals surface area contributed by atoms with Crippen molar-refractivity contribution in [3.8, 4) is 0 Å². The second-order valence-electron chi connectivity index (χ2n) is 2.56. The largest absolute Gasteiger partial charge is 0.771 e. The number of unbranched alkanes of at least 4 members (excludes halogenated alkanes) is 1. The molecule has 0 bridgehead atoms. The summed E-state index contributed by atoms with van der Waals surface area (Å²) in [5.74, 6) is 0. The van der Waals surface area contributed by atoms with E-state index in [4.69, 9.17) is 11.6 Å². The van der Waals surface area contributed by atoms with Crippen LogP contribution in [0.3, 0.4) is 0 Å². The van der Waals surface area contributed by atoms with E-state index in [0.717, 1.165) is 19.4 Å². The third-order valence-electron chi connectivity index (χ3n) is 1.46. The average molecular weight is 213 g/mol. The smallest absolute Gasteiger partial charge is 0.0967 e. The molecule has 0 aliphatic rings. The van der Waals surface area contributed by atoms with Gasteiger partial charge in [0.2, 0.25) is 0 Å². The van der Waals surface area contributed by atoms with Crippen LogP contribution in [0, 0.1) is 0 Å². The van der Waals surface area contributed by atoms with Crippen molar-refractivity contribution in [2.75, 3.05) is 13.1 Å². The minimum Gasteiger partial charge on any atom is -0.771 e. The molecule has 74 valence electrons. The Morgan fingerprint density at radius 1 is 1.58 bits per heavy atom. The number of hydrogen-bond donors (Lipinski definition) is 1. The molecule has 5 heteroatoms. The zero-order chi connectivity index (χ0) is 9.40. The first-order chi connectivity index (χ1) is 5.68. The van der Waals surface area contributed by atoms with Gasteiger partial charge in [-0.25, -0.2) is 0 Å². The van der Waals surface area contributed by atoms with Crippen LogP contribution in [0.2, 0.25) is 0 Å². The van der Waals surface area contributed by atoms with Gasteiger partial charge in [-0.3, -0.25) is 4.21 Å². The van der Waals surface area contributed by atoms with Crippen molar-refractivity contribution in [1.29, 1.82) is 0 Å². The Labute approximate surface area is 81.2 Å². The summed E-state index contributed by atoms with van der Waals surface area (Å²) >= 11 is 3.33. The van der Waals surface area contributed by atoms with E-state index in [1.165, 1.54) is 0 Å². The molecule has 0 spiro atoms. The molecular formula is C7H15ClNO2S-. The highest BCUT2D eigenvalue weighted by molar-refractivity contribution is 7.81. The van der Waals surface area contributed by atoms with Crippen molar-refractivity contribution in [3.63, 3.8) is 0 Å².